The Balaban J connectivity index is 3.03. The van der Waals surface area contributed by atoms with Crippen molar-refractivity contribution in [2.45, 2.75) is 27.7 Å². The van der Waals surface area contributed by atoms with Gasteiger partial charge >= 0.3 is 0 Å². The third kappa shape index (κ3) is 2.07. The molecule has 0 spiro atoms. The van der Waals surface area contributed by atoms with E-state index in [1.165, 1.54) is 11.1 Å². The highest BCUT2D eigenvalue weighted by atomic mass is 14.2. The topological polar surface area (TPSA) is 0 Å². The van der Waals surface area contributed by atoms with E-state index in [1.54, 1.807) is 0 Å². The van der Waals surface area contributed by atoms with Crippen molar-refractivity contribution in [3.8, 4) is 0 Å². The summed E-state index contributed by atoms with van der Waals surface area (Å²) in [6.45, 7) is 8.76. The van der Waals surface area contributed by atoms with Crippen molar-refractivity contribution in [1.29, 1.82) is 0 Å². The van der Waals surface area contributed by atoms with Crippen LogP contribution in [0.3, 0.4) is 0 Å². The normalized spacial score (nSPS) is 22.2. The molecule has 0 heteroatoms. The van der Waals surface area contributed by atoms with Crippen LogP contribution in [0.25, 0.3) is 0 Å². The fourth-order valence-electron chi connectivity index (χ4n) is 1.29. The van der Waals surface area contributed by atoms with Gasteiger partial charge in [0.15, 0.2) is 0 Å². The number of rotatable bonds is 0. The molecule has 11 heavy (non-hydrogen) atoms. The second-order valence-corrected chi connectivity index (χ2v) is 3.86. The van der Waals surface area contributed by atoms with Crippen LogP contribution in [-0.2, 0) is 0 Å². The van der Waals surface area contributed by atoms with Gasteiger partial charge in [-0.25, -0.2) is 0 Å². The Morgan fingerprint density at radius 1 is 1.09 bits per heavy atom. The summed E-state index contributed by atoms with van der Waals surface area (Å²) in [6.07, 6.45) is 8.85. The van der Waals surface area contributed by atoms with Gasteiger partial charge < -0.3 is 0 Å². The first kappa shape index (κ1) is 8.32. The van der Waals surface area contributed by atoms with Gasteiger partial charge in [-0.05, 0) is 19.4 Å². The monoisotopic (exact) mass is 148 g/mol. The molecule has 0 unspecified atom stereocenters. The molecule has 60 valence electrons. The Bertz CT molecular complexity index is 237. The van der Waals surface area contributed by atoms with E-state index in [0.29, 0.717) is 0 Å². The molecule has 0 saturated heterocycles. The maximum absolute atomic E-state index is 2.31. The van der Waals surface area contributed by atoms with Gasteiger partial charge in [0.25, 0.3) is 0 Å². The fraction of sp³-hybridized carbons (Fsp3) is 0.455. The maximum Gasteiger partial charge on any atom is 0.00133 e. The van der Waals surface area contributed by atoms with Gasteiger partial charge in [-0.15, -0.1) is 0 Å². The Labute approximate surface area is 69.3 Å². The predicted octanol–water partition coefficient (Wildman–Crippen LogP) is 3.48. The first-order chi connectivity index (χ1) is 5.01. The summed E-state index contributed by atoms with van der Waals surface area (Å²) >= 11 is 0. The van der Waals surface area contributed by atoms with Crippen molar-refractivity contribution >= 4 is 0 Å². The van der Waals surface area contributed by atoms with Crippen LogP contribution in [0, 0.1) is 5.41 Å². The summed E-state index contributed by atoms with van der Waals surface area (Å²) in [5.41, 5.74) is 2.98. The molecule has 1 rings (SSSR count). The number of hydrogen-bond acceptors (Lipinski definition) is 0. The highest BCUT2D eigenvalue weighted by Gasteiger charge is 2.11. The lowest BCUT2D eigenvalue weighted by molar-refractivity contribution is 0.623. The Morgan fingerprint density at radius 3 is 2.36 bits per heavy atom. The molecule has 1 aliphatic rings. The van der Waals surface area contributed by atoms with E-state index in [1.807, 2.05) is 0 Å². The van der Waals surface area contributed by atoms with Gasteiger partial charge in [0.1, 0.15) is 0 Å². The summed E-state index contributed by atoms with van der Waals surface area (Å²) < 4.78 is 0. The molecule has 0 radical (unpaired) electrons. The fourth-order valence-corrected chi connectivity index (χ4v) is 1.29. The molecule has 0 aromatic heterocycles. The van der Waals surface area contributed by atoms with E-state index in [-0.39, 0.29) is 5.41 Å². The molecule has 0 fully saturated rings. The van der Waals surface area contributed by atoms with Crippen LogP contribution in [-0.4, -0.2) is 0 Å². The number of allylic oxidation sites excluding steroid dienone is 6. The molecule has 0 nitrogen and oxygen atoms in total. The summed E-state index contributed by atoms with van der Waals surface area (Å²) in [7, 11) is 0. The maximum atomic E-state index is 2.31. The van der Waals surface area contributed by atoms with Gasteiger partial charge in [-0.2, -0.15) is 0 Å². The van der Waals surface area contributed by atoms with Crippen LogP contribution in [0.5, 0.6) is 0 Å². The zero-order valence-electron chi connectivity index (χ0n) is 7.81. The van der Waals surface area contributed by atoms with Crippen LogP contribution >= 0.6 is 0 Å². The van der Waals surface area contributed by atoms with Crippen LogP contribution in [0.2, 0.25) is 0 Å². The van der Waals surface area contributed by atoms with Crippen molar-refractivity contribution in [3.05, 3.63) is 35.5 Å². The standard InChI is InChI=1S/C11H16/c1-9-6-5-7-11(3,4)8-10(9)2/h5-8H,1-4H3. The third-order valence-corrected chi connectivity index (χ3v) is 2.08. The molecule has 0 aromatic rings. The molecule has 0 aromatic carbocycles. The van der Waals surface area contributed by atoms with Gasteiger partial charge in [-0.1, -0.05) is 43.7 Å². The average Bonchev–Trinajstić information content (AvgIpc) is 1.93. The van der Waals surface area contributed by atoms with Crippen molar-refractivity contribution in [1.82, 2.24) is 0 Å². The molecule has 0 N–H and O–H groups in total. The minimum absolute atomic E-state index is 0.221. The highest BCUT2D eigenvalue weighted by molar-refractivity contribution is 5.36. The molecule has 0 aliphatic heterocycles. The second kappa shape index (κ2) is 2.69. The quantitative estimate of drug-likeness (QED) is 0.493. The zero-order chi connectivity index (χ0) is 8.48. The lowest BCUT2D eigenvalue weighted by Crippen LogP contribution is -2.02. The third-order valence-electron chi connectivity index (χ3n) is 2.08. The van der Waals surface area contributed by atoms with Crippen LogP contribution in [0.15, 0.2) is 35.5 Å². The molecular formula is C11H16. The molecule has 1 aliphatic carbocycles. The molecule has 0 saturated carbocycles. The van der Waals surface area contributed by atoms with Crippen molar-refractivity contribution in [3.63, 3.8) is 0 Å². The van der Waals surface area contributed by atoms with Gasteiger partial charge in [-0.3, -0.25) is 0 Å². The predicted molar refractivity (Wildman–Crippen MR) is 50.4 cm³/mol. The number of hydrogen-bond donors (Lipinski definition) is 0. The van der Waals surface area contributed by atoms with Crippen molar-refractivity contribution < 1.29 is 0 Å². The van der Waals surface area contributed by atoms with Gasteiger partial charge in [0.2, 0.25) is 0 Å². The average molecular weight is 148 g/mol. The summed E-state index contributed by atoms with van der Waals surface area (Å²) in [4.78, 5) is 0. The van der Waals surface area contributed by atoms with E-state index in [9.17, 15) is 0 Å². The lowest BCUT2D eigenvalue weighted by Gasteiger charge is -2.14. The van der Waals surface area contributed by atoms with Gasteiger partial charge in [0, 0.05) is 5.41 Å². The first-order valence-electron chi connectivity index (χ1n) is 4.07. The van der Waals surface area contributed by atoms with E-state index >= 15 is 0 Å². The highest BCUT2D eigenvalue weighted by Crippen LogP contribution is 2.26. The van der Waals surface area contributed by atoms with E-state index in [4.69, 9.17) is 0 Å². The largest absolute Gasteiger partial charge is 0.0751 e. The van der Waals surface area contributed by atoms with Crippen LogP contribution in [0.4, 0.5) is 0 Å². The lowest BCUT2D eigenvalue weighted by atomic mass is 9.91. The molecule has 0 atom stereocenters. The first-order valence-corrected chi connectivity index (χ1v) is 4.07. The van der Waals surface area contributed by atoms with Crippen LogP contribution < -0.4 is 0 Å². The Hall–Kier alpha value is -0.780. The minimum Gasteiger partial charge on any atom is -0.0751 e. The van der Waals surface area contributed by atoms with Crippen molar-refractivity contribution in [2.75, 3.05) is 0 Å². The van der Waals surface area contributed by atoms with E-state index in [0.717, 1.165) is 0 Å². The van der Waals surface area contributed by atoms with E-state index < -0.39 is 0 Å². The minimum atomic E-state index is 0.221. The van der Waals surface area contributed by atoms with E-state index in [2.05, 4.69) is 52.0 Å². The van der Waals surface area contributed by atoms with Gasteiger partial charge in [0.05, 0.1) is 0 Å². The Kier molecular flexibility index (Phi) is 2.03. The summed E-state index contributed by atoms with van der Waals surface area (Å²) in [5.74, 6) is 0. The molecule has 0 bridgehead atoms. The molecule has 0 heterocycles. The summed E-state index contributed by atoms with van der Waals surface area (Å²) in [6, 6.07) is 0. The molecular weight excluding hydrogens is 132 g/mol. The summed E-state index contributed by atoms with van der Waals surface area (Å²) in [5, 5.41) is 0. The SMILES string of the molecule is CC1=CC=CC(C)(C)C=C1C. The van der Waals surface area contributed by atoms with Crippen molar-refractivity contribution in [2.24, 2.45) is 5.41 Å². The zero-order valence-corrected chi connectivity index (χ0v) is 7.81. The van der Waals surface area contributed by atoms with Crippen LogP contribution in [0.1, 0.15) is 27.7 Å². The second-order valence-electron chi connectivity index (χ2n) is 3.86. The molecule has 0 amide bonds. The smallest absolute Gasteiger partial charge is 0.00133 e. The Morgan fingerprint density at radius 2 is 1.73 bits per heavy atom.